The summed E-state index contributed by atoms with van der Waals surface area (Å²) in [5, 5.41) is 3.05. The Kier molecular flexibility index (Phi) is 3.27. The summed E-state index contributed by atoms with van der Waals surface area (Å²) in [4.78, 5) is 15.7. The number of aryl methyl sites for hydroxylation is 1. The van der Waals surface area contributed by atoms with Crippen LogP contribution in [0.2, 0.25) is 0 Å². The highest BCUT2D eigenvalue weighted by molar-refractivity contribution is 5.75. The molecule has 0 saturated carbocycles. The molecule has 0 aromatic carbocycles. The third kappa shape index (κ3) is 2.38. The Hall–Kier alpha value is -2.04. The van der Waals surface area contributed by atoms with Crippen LogP contribution in [-0.4, -0.2) is 28.5 Å². The first-order valence-corrected chi connectivity index (χ1v) is 5.55. The lowest BCUT2D eigenvalue weighted by Crippen LogP contribution is -2.17. The van der Waals surface area contributed by atoms with Crippen LogP contribution in [0.4, 0.5) is 5.82 Å². The molecule has 5 nitrogen and oxygen atoms in total. The van der Waals surface area contributed by atoms with Gasteiger partial charge in [0.2, 0.25) is 0 Å². The number of esters is 1. The number of pyridine rings is 1. The van der Waals surface area contributed by atoms with Crippen LogP contribution in [-0.2, 0) is 9.53 Å². The minimum Gasteiger partial charge on any atom is -0.465 e. The summed E-state index contributed by atoms with van der Waals surface area (Å²) in [6.07, 6.45) is 1.91. The molecule has 2 rings (SSSR count). The molecule has 0 aliphatic heterocycles. The normalized spacial score (nSPS) is 10.5. The van der Waals surface area contributed by atoms with Gasteiger partial charge in [-0.05, 0) is 26.0 Å². The van der Waals surface area contributed by atoms with Crippen molar-refractivity contribution in [3.8, 4) is 0 Å². The van der Waals surface area contributed by atoms with Crippen molar-refractivity contribution in [2.45, 2.75) is 13.8 Å². The number of imidazole rings is 1. The number of hydrogen-bond donors (Lipinski definition) is 1. The summed E-state index contributed by atoms with van der Waals surface area (Å²) in [5.41, 5.74) is 1.72. The molecule has 0 atom stereocenters. The first-order valence-electron chi connectivity index (χ1n) is 5.55. The van der Waals surface area contributed by atoms with Gasteiger partial charge in [-0.1, -0.05) is 6.07 Å². The predicted octanol–water partition coefficient (Wildman–Crippen LogP) is 1.62. The van der Waals surface area contributed by atoms with Crippen molar-refractivity contribution in [1.29, 1.82) is 0 Å². The second-order valence-electron chi connectivity index (χ2n) is 3.63. The van der Waals surface area contributed by atoms with E-state index in [2.05, 4.69) is 10.3 Å². The molecule has 0 bridgehead atoms. The molecule has 2 aromatic heterocycles. The van der Waals surface area contributed by atoms with Crippen molar-refractivity contribution < 1.29 is 9.53 Å². The van der Waals surface area contributed by atoms with Gasteiger partial charge < -0.3 is 10.1 Å². The Labute approximate surface area is 99.4 Å². The van der Waals surface area contributed by atoms with Crippen LogP contribution in [0.25, 0.3) is 5.65 Å². The molecule has 2 aromatic rings. The zero-order valence-corrected chi connectivity index (χ0v) is 9.93. The first-order chi connectivity index (χ1) is 8.22. The van der Waals surface area contributed by atoms with Gasteiger partial charge in [0, 0.05) is 6.20 Å². The minimum absolute atomic E-state index is 0.150. The topological polar surface area (TPSA) is 55.6 Å². The Morgan fingerprint density at radius 2 is 2.35 bits per heavy atom. The van der Waals surface area contributed by atoms with Crippen LogP contribution in [0.1, 0.15) is 12.6 Å². The van der Waals surface area contributed by atoms with Crippen molar-refractivity contribution in [3.63, 3.8) is 0 Å². The Balaban J connectivity index is 2.18. The SMILES string of the molecule is CCOC(=O)CNc1c(C)nc2ccccn12. The molecule has 0 aliphatic rings. The maximum absolute atomic E-state index is 11.3. The van der Waals surface area contributed by atoms with Gasteiger partial charge in [0.05, 0.1) is 12.3 Å². The lowest BCUT2D eigenvalue weighted by Gasteiger charge is -2.06. The molecule has 17 heavy (non-hydrogen) atoms. The van der Waals surface area contributed by atoms with Gasteiger partial charge >= 0.3 is 5.97 Å². The molecular formula is C12H15N3O2. The lowest BCUT2D eigenvalue weighted by molar-refractivity contribution is -0.140. The zero-order chi connectivity index (χ0) is 12.3. The number of carbonyl (C=O) groups is 1. The van der Waals surface area contributed by atoms with E-state index in [0.29, 0.717) is 6.61 Å². The molecule has 0 aliphatic carbocycles. The fourth-order valence-corrected chi connectivity index (χ4v) is 1.69. The highest BCUT2D eigenvalue weighted by Gasteiger charge is 2.09. The third-order valence-corrected chi connectivity index (χ3v) is 2.41. The number of nitrogens with zero attached hydrogens (tertiary/aromatic N) is 2. The van der Waals surface area contributed by atoms with Crippen molar-refractivity contribution in [1.82, 2.24) is 9.38 Å². The Bertz CT molecular complexity index is 534. The molecule has 2 heterocycles. The molecule has 0 unspecified atom stereocenters. The number of rotatable bonds is 4. The summed E-state index contributed by atoms with van der Waals surface area (Å²) >= 11 is 0. The average Bonchev–Trinajstić information content (AvgIpc) is 2.62. The van der Waals surface area contributed by atoms with Crippen LogP contribution >= 0.6 is 0 Å². The van der Waals surface area contributed by atoms with Crippen LogP contribution in [0.3, 0.4) is 0 Å². The maximum Gasteiger partial charge on any atom is 0.325 e. The number of anilines is 1. The van der Waals surface area contributed by atoms with Gasteiger partial charge in [0.25, 0.3) is 0 Å². The molecule has 0 radical (unpaired) electrons. The Morgan fingerprint density at radius 1 is 1.53 bits per heavy atom. The van der Waals surface area contributed by atoms with Gasteiger partial charge in [-0.25, -0.2) is 4.98 Å². The highest BCUT2D eigenvalue weighted by Crippen LogP contribution is 2.16. The van der Waals surface area contributed by atoms with Crippen molar-refractivity contribution in [3.05, 3.63) is 30.1 Å². The highest BCUT2D eigenvalue weighted by atomic mass is 16.5. The monoisotopic (exact) mass is 233 g/mol. The van der Waals surface area contributed by atoms with Gasteiger partial charge in [0.15, 0.2) is 0 Å². The summed E-state index contributed by atoms with van der Waals surface area (Å²) in [6, 6.07) is 5.77. The maximum atomic E-state index is 11.3. The van der Waals surface area contributed by atoms with E-state index in [1.807, 2.05) is 35.7 Å². The van der Waals surface area contributed by atoms with Gasteiger partial charge in [-0.3, -0.25) is 9.20 Å². The molecular weight excluding hydrogens is 218 g/mol. The van der Waals surface area contributed by atoms with Crippen LogP contribution < -0.4 is 5.32 Å². The van der Waals surface area contributed by atoms with E-state index in [0.717, 1.165) is 17.2 Å². The fraction of sp³-hybridized carbons (Fsp3) is 0.333. The number of carbonyl (C=O) groups excluding carboxylic acids is 1. The van der Waals surface area contributed by atoms with E-state index >= 15 is 0 Å². The summed E-state index contributed by atoms with van der Waals surface area (Å²) in [7, 11) is 0. The average molecular weight is 233 g/mol. The van der Waals surface area contributed by atoms with Crippen molar-refractivity contribution >= 4 is 17.4 Å². The summed E-state index contributed by atoms with van der Waals surface area (Å²) < 4.78 is 6.77. The fourth-order valence-electron chi connectivity index (χ4n) is 1.69. The number of aromatic nitrogens is 2. The number of ether oxygens (including phenoxy) is 1. The molecule has 0 saturated heterocycles. The second kappa shape index (κ2) is 4.86. The van der Waals surface area contributed by atoms with Crippen LogP contribution in [0.5, 0.6) is 0 Å². The smallest absolute Gasteiger partial charge is 0.325 e. The minimum atomic E-state index is -0.266. The summed E-state index contributed by atoms with van der Waals surface area (Å²) in [5.74, 6) is 0.562. The van der Waals surface area contributed by atoms with E-state index in [9.17, 15) is 4.79 Å². The molecule has 0 fully saturated rings. The van der Waals surface area contributed by atoms with E-state index in [1.165, 1.54) is 0 Å². The number of hydrogen-bond acceptors (Lipinski definition) is 4. The molecule has 0 amide bonds. The lowest BCUT2D eigenvalue weighted by atomic mass is 10.4. The van der Waals surface area contributed by atoms with Gasteiger partial charge in [0.1, 0.15) is 18.0 Å². The number of fused-ring (bicyclic) bond motifs is 1. The Morgan fingerprint density at radius 3 is 3.12 bits per heavy atom. The molecule has 0 spiro atoms. The van der Waals surface area contributed by atoms with Gasteiger partial charge in [-0.15, -0.1) is 0 Å². The van der Waals surface area contributed by atoms with Crippen LogP contribution in [0.15, 0.2) is 24.4 Å². The summed E-state index contributed by atoms with van der Waals surface area (Å²) in [6.45, 7) is 4.24. The zero-order valence-electron chi connectivity index (χ0n) is 9.93. The largest absolute Gasteiger partial charge is 0.465 e. The van der Waals surface area contributed by atoms with E-state index < -0.39 is 0 Å². The van der Waals surface area contributed by atoms with Gasteiger partial charge in [-0.2, -0.15) is 0 Å². The third-order valence-electron chi connectivity index (χ3n) is 2.41. The van der Waals surface area contributed by atoms with E-state index in [1.54, 1.807) is 6.92 Å². The molecule has 5 heteroatoms. The molecule has 1 N–H and O–H groups in total. The number of nitrogens with one attached hydrogen (secondary N) is 1. The van der Waals surface area contributed by atoms with Crippen molar-refractivity contribution in [2.24, 2.45) is 0 Å². The predicted molar refractivity (Wildman–Crippen MR) is 65.1 cm³/mol. The van der Waals surface area contributed by atoms with Crippen LogP contribution in [0, 0.1) is 6.92 Å². The standard InChI is InChI=1S/C12H15N3O2/c1-3-17-11(16)8-13-12-9(2)14-10-6-4-5-7-15(10)12/h4-7,13H,3,8H2,1-2H3. The first kappa shape index (κ1) is 11.4. The van der Waals surface area contributed by atoms with Crippen molar-refractivity contribution in [2.75, 3.05) is 18.5 Å². The van der Waals surface area contributed by atoms with E-state index in [-0.39, 0.29) is 12.5 Å². The van der Waals surface area contributed by atoms with E-state index in [4.69, 9.17) is 4.74 Å². The quantitative estimate of drug-likeness (QED) is 0.815. The molecule has 90 valence electrons. The second-order valence-corrected chi connectivity index (χ2v) is 3.63.